The molecule has 0 aromatic heterocycles. The van der Waals surface area contributed by atoms with Gasteiger partial charge in [0, 0.05) is 29.9 Å². The zero-order chi connectivity index (χ0) is 16.8. The minimum absolute atomic E-state index is 0.0357. The summed E-state index contributed by atoms with van der Waals surface area (Å²) in [6.07, 6.45) is 0. The van der Waals surface area contributed by atoms with Gasteiger partial charge in [0.25, 0.3) is 11.8 Å². The second-order valence-corrected chi connectivity index (χ2v) is 5.02. The van der Waals surface area contributed by atoms with E-state index in [0.717, 1.165) is 0 Å². The zero-order valence-electron chi connectivity index (χ0n) is 13.2. The van der Waals surface area contributed by atoms with E-state index in [2.05, 4.69) is 5.32 Å². The molecule has 120 valence electrons. The largest absolute Gasteiger partial charge is 0.339 e. The molecule has 2 amide bonds. The average Bonchev–Trinajstić information content (AvgIpc) is 2.57. The van der Waals surface area contributed by atoms with E-state index in [1.807, 2.05) is 13.8 Å². The second-order valence-electron chi connectivity index (χ2n) is 5.02. The predicted molar refractivity (Wildman–Crippen MR) is 88.0 cm³/mol. The van der Waals surface area contributed by atoms with Crippen LogP contribution in [0, 0.1) is 5.82 Å². The molecule has 0 unspecified atom stereocenters. The topological polar surface area (TPSA) is 49.4 Å². The van der Waals surface area contributed by atoms with Crippen molar-refractivity contribution in [2.24, 2.45) is 0 Å². The molecule has 0 spiro atoms. The van der Waals surface area contributed by atoms with Crippen molar-refractivity contribution in [2.45, 2.75) is 13.8 Å². The van der Waals surface area contributed by atoms with E-state index >= 15 is 0 Å². The van der Waals surface area contributed by atoms with Crippen molar-refractivity contribution in [3.63, 3.8) is 0 Å². The zero-order valence-corrected chi connectivity index (χ0v) is 13.2. The Morgan fingerprint density at radius 1 is 0.913 bits per heavy atom. The maximum atomic E-state index is 12.9. The third-order valence-electron chi connectivity index (χ3n) is 3.55. The summed E-state index contributed by atoms with van der Waals surface area (Å²) in [7, 11) is 0. The Kier molecular flexibility index (Phi) is 5.46. The number of rotatable bonds is 5. The summed E-state index contributed by atoms with van der Waals surface area (Å²) in [4.78, 5) is 26.0. The van der Waals surface area contributed by atoms with Crippen molar-refractivity contribution in [1.29, 1.82) is 0 Å². The molecular formula is C18H19FN2O2. The van der Waals surface area contributed by atoms with Gasteiger partial charge in [-0.25, -0.2) is 4.39 Å². The monoisotopic (exact) mass is 314 g/mol. The van der Waals surface area contributed by atoms with Crippen molar-refractivity contribution in [3.05, 3.63) is 65.5 Å². The lowest BCUT2D eigenvalue weighted by molar-refractivity contribution is 0.0773. The van der Waals surface area contributed by atoms with Crippen LogP contribution < -0.4 is 5.32 Å². The van der Waals surface area contributed by atoms with Crippen LogP contribution in [-0.2, 0) is 0 Å². The highest BCUT2D eigenvalue weighted by atomic mass is 19.1. The van der Waals surface area contributed by atoms with E-state index in [4.69, 9.17) is 0 Å². The Labute approximate surface area is 134 Å². The van der Waals surface area contributed by atoms with E-state index in [-0.39, 0.29) is 17.6 Å². The molecule has 4 nitrogen and oxygen atoms in total. The Morgan fingerprint density at radius 2 is 1.43 bits per heavy atom. The number of carbonyl (C=O) groups is 2. The first-order valence-electron chi connectivity index (χ1n) is 7.51. The molecule has 1 N–H and O–H groups in total. The van der Waals surface area contributed by atoms with Gasteiger partial charge in [-0.05, 0) is 62.4 Å². The Bertz CT molecular complexity index is 677. The van der Waals surface area contributed by atoms with Crippen molar-refractivity contribution >= 4 is 17.5 Å². The summed E-state index contributed by atoms with van der Waals surface area (Å²) in [5, 5.41) is 2.71. The lowest BCUT2D eigenvalue weighted by Gasteiger charge is -2.18. The summed E-state index contributed by atoms with van der Waals surface area (Å²) in [6.45, 7) is 5.16. The molecule has 0 atom stereocenters. The predicted octanol–water partition coefficient (Wildman–Crippen LogP) is 3.56. The van der Waals surface area contributed by atoms with Gasteiger partial charge in [0.2, 0.25) is 0 Å². The Balaban J connectivity index is 2.06. The van der Waals surface area contributed by atoms with Gasteiger partial charge in [-0.15, -0.1) is 0 Å². The van der Waals surface area contributed by atoms with E-state index in [9.17, 15) is 14.0 Å². The summed E-state index contributed by atoms with van der Waals surface area (Å²) < 4.78 is 12.9. The lowest BCUT2D eigenvalue weighted by atomic mass is 10.1. The quantitative estimate of drug-likeness (QED) is 0.917. The molecule has 0 saturated carbocycles. The molecule has 2 aromatic rings. The highest BCUT2D eigenvalue weighted by molar-refractivity contribution is 6.04. The van der Waals surface area contributed by atoms with E-state index in [0.29, 0.717) is 29.9 Å². The lowest BCUT2D eigenvalue weighted by Crippen LogP contribution is -2.30. The summed E-state index contributed by atoms with van der Waals surface area (Å²) in [5.74, 6) is -0.750. The van der Waals surface area contributed by atoms with Crippen LogP contribution in [0.3, 0.4) is 0 Å². The molecule has 0 heterocycles. The van der Waals surface area contributed by atoms with Crippen LogP contribution in [0.15, 0.2) is 48.5 Å². The maximum Gasteiger partial charge on any atom is 0.255 e. The van der Waals surface area contributed by atoms with Crippen LogP contribution in [0.4, 0.5) is 10.1 Å². The minimum Gasteiger partial charge on any atom is -0.339 e. The minimum atomic E-state index is -0.388. The molecule has 23 heavy (non-hydrogen) atoms. The fourth-order valence-corrected chi connectivity index (χ4v) is 2.19. The van der Waals surface area contributed by atoms with Crippen LogP contribution in [0.25, 0.3) is 0 Å². The molecule has 0 bridgehead atoms. The molecule has 0 fully saturated rings. The third kappa shape index (κ3) is 4.16. The van der Waals surface area contributed by atoms with Crippen molar-refractivity contribution in [3.8, 4) is 0 Å². The first-order chi connectivity index (χ1) is 11.0. The first kappa shape index (κ1) is 16.7. The van der Waals surface area contributed by atoms with E-state index < -0.39 is 0 Å². The first-order valence-corrected chi connectivity index (χ1v) is 7.51. The van der Waals surface area contributed by atoms with Crippen LogP contribution in [0.2, 0.25) is 0 Å². The standard InChI is InChI=1S/C18H19FN2O2/c1-3-21(4-2)18(23)14-7-11-16(12-8-14)20-17(22)13-5-9-15(19)10-6-13/h5-12H,3-4H2,1-2H3,(H,20,22). The summed E-state index contributed by atoms with van der Waals surface area (Å²) >= 11 is 0. The number of nitrogens with zero attached hydrogens (tertiary/aromatic N) is 1. The van der Waals surface area contributed by atoms with Crippen LogP contribution in [0.5, 0.6) is 0 Å². The summed E-state index contributed by atoms with van der Waals surface area (Å²) in [6, 6.07) is 12.0. The van der Waals surface area contributed by atoms with E-state index in [1.165, 1.54) is 24.3 Å². The summed E-state index contributed by atoms with van der Waals surface area (Å²) in [5.41, 5.74) is 1.53. The number of nitrogens with one attached hydrogen (secondary N) is 1. The fraction of sp³-hybridized carbons (Fsp3) is 0.222. The van der Waals surface area contributed by atoms with Crippen molar-refractivity contribution in [1.82, 2.24) is 4.90 Å². The van der Waals surface area contributed by atoms with Crippen LogP contribution >= 0.6 is 0 Å². The van der Waals surface area contributed by atoms with E-state index in [1.54, 1.807) is 29.2 Å². The van der Waals surface area contributed by atoms with Crippen molar-refractivity contribution in [2.75, 3.05) is 18.4 Å². The van der Waals surface area contributed by atoms with Crippen molar-refractivity contribution < 1.29 is 14.0 Å². The van der Waals surface area contributed by atoms with Gasteiger partial charge < -0.3 is 10.2 Å². The van der Waals surface area contributed by atoms with Gasteiger partial charge in [-0.3, -0.25) is 9.59 Å². The van der Waals surface area contributed by atoms with Gasteiger partial charge in [-0.1, -0.05) is 0 Å². The molecule has 0 radical (unpaired) electrons. The van der Waals surface area contributed by atoms with Gasteiger partial charge >= 0.3 is 0 Å². The number of amides is 2. The third-order valence-corrected chi connectivity index (χ3v) is 3.55. The SMILES string of the molecule is CCN(CC)C(=O)c1ccc(NC(=O)c2ccc(F)cc2)cc1. The molecule has 0 aliphatic carbocycles. The van der Waals surface area contributed by atoms with Gasteiger partial charge in [-0.2, -0.15) is 0 Å². The number of hydrogen-bond donors (Lipinski definition) is 1. The molecule has 2 aromatic carbocycles. The second kappa shape index (κ2) is 7.54. The average molecular weight is 314 g/mol. The van der Waals surface area contributed by atoms with Gasteiger partial charge in [0.15, 0.2) is 0 Å². The Morgan fingerprint density at radius 3 is 1.96 bits per heavy atom. The highest BCUT2D eigenvalue weighted by Gasteiger charge is 2.12. The number of hydrogen-bond acceptors (Lipinski definition) is 2. The highest BCUT2D eigenvalue weighted by Crippen LogP contribution is 2.13. The molecule has 5 heteroatoms. The smallest absolute Gasteiger partial charge is 0.255 e. The van der Waals surface area contributed by atoms with Crippen LogP contribution in [-0.4, -0.2) is 29.8 Å². The van der Waals surface area contributed by atoms with Crippen LogP contribution in [0.1, 0.15) is 34.6 Å². The molecule has 0 aliphatic rings. The fourth-order valence-electron chi connectivity index (χ4n) is 2.19. The molecule has 0 saturated heterocycles. The number of carbonyl (C=O) groups excluding carboxylic acids is 2. The van der Waals surface area contributed by atoms with Gasteiger partial charge in [0.05, 0.1) is 0 Å². The number of anilines is 1. The molecule has 2 rings (SSSR count). The Hall–Kier alpha value is -2.69. The van der Waals surface area contributed by atoms with Gasteiger partial charge in [0.1, 0.15) is 5.82 Å². The maximum absolute atomic E-state index is 12.9. The molecule has 0 aliphatic heterocycles. The normalized spacial score (nSPS) is 10.2. The number of benzene rings is 2. The number of halogens is 1. The molecular weight excluding hydrogens is 295 g/mol.